The lowest BCUT2D eigenvalue weighted by atomic mass is 9.82. The molecule has 2 N–H and O–H groups in total. The van der Waals surface area contributed by atoms with Crippen LogP contribution < -0.4 is 24.3 Å². The Morgan fingerprint density at radius 3 is 2.17 bits per heavy atom. The molecule has 2 rings (SSSR count). The van der Waals surface area contributed by atoms with E-state index in [0.717, 1.165) is 36.3 Å². The summed E-state index contributed by atoms with van der Waals surface area (Å²) in [5.74, 6) is 3.40. The van der Waals surface area contributed by atoms with E-state index in [1.807, 2.05) is 38.1 Å². The normalized spacial score (nSPS) is 13.5. The predicted molar refractivity (Wildman–Crippen MR) is 167 cm³/mol. The molecule has 0 spiro atoms. The number of benzene rings is 2. The largest absolute Gasteiger partial charge is 0.497 e. The molecule has 0 fully saturated rings. The Morgan fingerprint density at radius 2 is 1.55 bits per heavy atom. The highest BCUT2D eigenvalue weighted by Gasteiger charge is 2.26. The monoisotopic (exact) mass is 587 g/mol. The van der Waals surface area contributed by atoms with E-state index in [1.54, 1.807) is 28.4 Å². The molecule has 3 atom stereocenters. The molecule has 0 saturated carbocycles. The third-order valence-corrected chi connectivity index (χ3v) is 7.90. The van der Waals surface area contributed by atoms with Gasteiger partial charge in [-0.1, -0.05) is 33.8 Å². The second-order valence-electron chi connectivity index (χ2n) is 11.6. The number of carbonyl (C=O) groups is 1. The third-order valence-electron chi connectivity index (χ3n) is 7.90. The molecule has 0 saturated heterocycles. The van der Waals surface area contributed by atoms with Gasteiger partial charge in [0.1, 0.15) is 11.5 Å². The fourth-order valence-electron chi connectivity index (χ4n) is 5.15. The van der Waals surface area contributed by atoms with Gasteiger partial charge >= 0.3 is 0 Å². The predicted octanol–water partition coefficient (Wildman–Crippen LogP) is 6.06. The van der Waals surface area contributed by atoms with Crippen molar-refractivity contribution in [2.45, 2.75) is 72.4 Å². The molecule has 0 bridgehead atoms. The standard InChI is InChI=1S/C34H53NO7/c1-23(2)26(18-25-10-14-32(41-8)33(19-25)42-17-9-16-38-5)11-12-28(36)21-30(24(3)4)34(37)35-22-27-20-29(39-6)13-15-31(27)40-7/h10,13-15,19-20,23-24,26,28,30,36H,9,11-12,16-18,21-22H2,1-8H3,(H,35,37)/t26-,28-,30+/m1/s1. The Labute approximate surface area is 253 Å². The third kappa shape index (κ3) is 11.4. The molecule has 2 aromatic carbocycles. The maximum absolute atomic E-state index is 13.2. The van der Waals surface area contributed by atoms with Crippen LogP contribution in [0, 0.1) is 23.7 Å². The summed E-state index contributed by atoms with van der Waals surface area (Å²) in [4.78, 5) is 13.2. The van der Waals surface area contributed by atoms with E-state index in [0.29, 0.717) is 55.9 Å². The SMILES string of the molecule is COCCCOc1cc(C[C@@H](CC[C@@H](O)C[C@H](C(=O)NCc2cc(OC)ccc2OC)C(C)C)C(C)C)ccc1OC. The molecule has 0 aliphatic heterocycles. The average Bonchev–Trinajstić information content (AvgIpc) is 2.98. The van der Waals surface area contributed by atoms with Crippen molar-refractivity contribution in [1.82, 2.24) is 5.32 Å². The zero-order valence-electron chi connectivity index (χ0n) is 26.9. The fraction of sp³-hybridized carbons (Fsp3) is 0.618. The van der Waals surface area contributed by atoms with Crippen LogP contribution in [0.5, 0.6) is 23.0 Å². The second kappa shape index (κ2) is 18.5. The van der Waals surface area contributed by atoms with Crippen LogP contribution in [-0.2, 0) is 22.5 Å². The van der Waals surface area contributed by atoms with Gasteiger partial charge in [-0.05, 0) is 79.3 Å². The molecular formula is C34H53NO7. The van der Waals surface area contributed by atoms with E-state index in [1.165, 1.54) is 5.56 Å². The summed E-state index contributed by atoms with van der Waals surface area (Å²) in [5.41, 5.74) is 2.02. The van der Waals surface area contributed by atoms with Crippen LogP contribution in [0.4, 0.5) is 0 Å². The highest BCUT2D eigenvalue weighted by Crippen LogP contribution is 2.32. The van der Waals surface area contributed by atoms with E-state index < -0.39 is 6.10 Å². The maximum atomic E-state index is 13.2. The Kier molecular flexibility index (Phi) is 15.6. The first-order chi connectivity index (χ1) is 20.1. The van der Waals surface area contributed by atoms with Crippen molar-refractivity contribution < 1.29 is 33.6 Å². The molecule has 0 unspecified atom stereocenters. The molecule has 0 heterocycles. The van der Waals surface area contributed by atoms with Crippen molar-refractivity contribution >= 4 is 5.91 Å². The zero-order valence-corrected chi connectivity index (χ0v) is 26.9. The Hall–Kier alpha value is -2.97. The van der Waals surface area contributed by atoms with E-state index in [9.17, 15) is 9.90 Å². The minimum absolute atomic E-state index is 0.0643. The minimum atomic E-state index is -0.564. The summed E-state index contributed by atoms with van der Waals surface area (Å²) in [7, 11) is 6.55. The summed E-state index contributed by atoms with van der Waals surface area (Å²) in [5, 5.41) is 14.1. The molecule has 8 heteroatoms. The maximum Gasteiger partial charge on any atom is 0.223 e. The summed E-state index contributed by atoms with van der Waals surface area (Å²) in [6, 6.07) is 11.6. The van der Waals surface area contributed by atoms with Gasteiger partial charge < -0.3 is 34.1 Å². The molecule has 0 aliphatic rings. The number of methoxy groups -OCH3 is 4. The van der Waals surface area contributed by atoms with Gasteiger partial charge in [0, 0.05) is 38.2 Å². The molecule has 42 heavy (non-hydrogen) atoms. The zero-order chi connectivity index (χ0) is 31.1. The molecule has 236 valence electrons. The first-order valence-electron chi connectivity index (χ1n) is 15.1. The minimum Gasteiger partial charge on any atom is -0.497 e. The van der Waals surface area contributed by atoms with E-state index in [-0.39, 0.29) is 17.7 Å². The van der Waals surface area contributed by atoms with Gasteiger partial charge in [-0.25, -0.2) is 0 Å². The fourth-order valence-corrected chi connectivity index (χ4v) is 5.15. The van der Waals surface area contributed by atoms with Crippen LogP contribution in [0.15, 0.2) is 36.4 Å². The van der Waals surface area contributed by atoms with Gasteiger partial charge in [-0.15, -0.1) is 0 Å². The van der Waals surface area contributed by atoms with Crippen LogP contribution in [0.25, 0.3) is 0 Å². The smallest absolute Gasteiger partial charge is 0.223 e. The Balaban J connectivity index is 1.98. The number of carbonyl (C=O) groups excluding carboxylic acids is 1. The summed E-state index contributed by atoms with van der Waals surface area (Å²) >= 11 is 0. The van der Waals surface area contributed by atoms with Gasteiger partial charge in [0.15, 0.2) is 11.5 Å². The lowest BCUT2D eigenvalue weighted by Crippen LogP contribution is -2.35. The van der Waals surface area contributed by atoms with Gasteiger partial charge in [-0.2, -0.15) is 0 Å². The van der Waals surface area contributed by atoms with Crippen LogP contribution >= 0.6 is 0 Å². The number of hydrogen-bond acceptors (Lipinski definition) is 7. The van der Waals surface area contributed by atoms with Crippen LogP contribution in [0.1, 0.15) is 64.5 Å². The molecule has 2 aromatic rings. The number of aliphatic hydroxyl groups is 1. The molecular weight excluding hydrogens is 534 g/mol. The van der Waals surface area contributed by atoms with E-state index in [2.05, 4.69) is 31.3 Å². The topological polar surface area (TPSA) is 95.5 Å². The van der Waals surface area contributed by atoms with Crippen molar-refractivity contribution in [2.24, 2.45) is 23.7 Å². The van der Waals surface area contributed by atoms with Crippen molar-refractivity contribution in [1.29, 1.82) is 0 Å². The first-order valence-corrected chi connectivity index (χ1v) is 15.1. The summed E-state index contributed by atoms with van der Waals surface area (Å²) in [6.45, 7) is 10.0. The molecule has 1 amide bonds. The number of amides is 1. The van der Waals surface area contributed by atoms with Gasteiger partial charge in [0.2, 0.25) is 5.91 Å². The van der Waals surface area contributed by atoms with Crippen molar-refractivity contribution in [3.63, 3.8) is 0 Å². The van der Waals surface area contributed by atoms with E-state index >= 15 is 0 Å². The van der Waals surface area contributed by atoms with Crippen molar-refractivity contribution in [3.8, 4) is 23.0 Å². The lowest BCUT2D eigenvalue weighted by Gasteiger charge is -2.26. The van der Waals surface area contributed by atoms with Gasteiger partial charge in [-0.3, -0.25) is 4.79 Å². The van der Waals surface area contributed by atoms with Crippen LogP contribution in [0.2, 0.25) is 0 Å². The molecule has 0 aliphatic carbocycles. The number of aliphatic hydroxyl groups excluding tert-OH is 1. The highest BCUT2D eigenvalue weighted by molar-refractivity contribution is 5.79. The molecule has 0 radical (unpaired) electrons. The number of rotatable bonds is 20. The van der Waals surface area contributed by atoms with Crippen LogP contribution in [-0.4, -0.2) is 58.8 Å². The Morgan fingerprint density at radius 1 is 0.833 bits per heavy atom. The summed E-state index contributed by atoms with van der Waals surface area (Å²) < 4.78 is 27.4. The van der Waals surface area contributed by atoms with Crippen LogP contribution in [0.3, 0.4) is 0 Å². The Bertz CT molecular complexity index is 1070. The second-order valence-corrected chi connectivity index (χ2v) is 11.6. The van der Waals surface area contributed by atoms with E-state index in [4.69, 9.17) is 23.7 Å². The molecule has 8 nitrogen and oxygen atoms in total. The highest BCUT2D eigenvalue weighted by atomic mass is 16.5. The van der Waals surface area contributed by atoms with Crippen molar-refractivity contribution in [2.75, 3.05) is 41.7 Å². The average molecular weight is 588 g/mol. The number of nitrogens with one attached hydrogen (secondary N) is 1. The molecule has 0 aromatic heterocycles. The number of ether oxygens (including phenoxy) is 5. The van der Waals surface area contributed by atoms with Gasteiger partial charge in [0.05, 0.1) is 34.0 Å². The lowest BCUT2D eigenvalue weighted by molar-refractivity contribution is -0.127. The summed E-state index contributed by atoms with van der Waals surface area (Å²) in [6.07, 6.45) is 3.04. The van der Waals surface area contributed by atoms with Crippen molar-refractivity contribution in [3.05, 3.63) is 47.5 Å². The first kappa shape index (κ1) is 35.2. The quantitative estimate of drug-likeness (QED) is 0.182. The number of hydrogen-bond donors (Lipinski definition) is 2. The van der Waals surface area contributed by atoms with Gasteiger partial charge in [0.25, 0.3) is 0 Å².